The SMILES string of the molecule is Cc1oc(-c2cccs2)nc1C[S@](=O)Cc1coc(-c2cccc(Cl)c2)n1. The molecule has 0 saturated carbocycles. The molecule has 5 nitrogen and oxygen atoms in total. The summed E-state index contributed by atoms with van der Waals surface area (Å²) in [4.78, 5) is 9.86. The van der Waals surface area contributed by atoms with Gasteiger partial charge in [0, 0.05) is 21.4 Å². The summed E-state index contributed by atoms with van der Waals surface area (Å²) in [6.45, 7) is 1.84. The van der Waals surface area contributed by atoms with Crippen molar-refractivity contribution in [1.82, 2.24) is 9.97 Å². The first-order chi connectivity index (χ1) is 13.1. The first-order valence-corrected chi connectivity index (χ1v) is 10.9. The van der Waals surface area contributed by atoms with Crippen molar-refractivity contribution in [1.29, 1.82) is 0 Å². The molecule has 138 valence electrons. The standard InChI is InChI=1S/C19H15ClN2O3S2/c1-12-16(22-19(25-12)17-6-3-7-26-17)11-27(23)10-15-9-24-18(21-15)13-4-2-5-14(20)8-13/h2-9H,10-11H2,1H3/t27-/m1/s1. The van der Waals surface area contributed by atoms with Crippen LogP contribution in [0.4, 0.5) is 0 Å². The molecule has 3 heterocycles. The summed E-state index contributed by atoms with van der Waals surface area (Å²) in [6, 6.07) is 11.2. The van der Waals surface area contributed by atoms with Gasteiger partial charge < -0.3 is 8.83 Å². The van der Waals surface area contributed by atoms with Crippen LogP contribution in [0.2, 0.25) is 5.02 Å². The maximum absolute atomic E-state index is 12.6. The molecular weight excluding hydrogens is 404 g/mol. The van der Waals surface area contributed by atoms with E-state index in [0.29, 0.717) is 39.7 Å². The van der Waals surface area contributed by atoms with Crippen LogP contribution in [0.5, 0.6) is 0 Å². The second-order valence-corrected chi connectivity index (χ2v) is 8.72. The molecule has 0 aliphatic rings. The number of thiophene rings is 1. The summed E-state index contributed by atoms with van der Waals surface area (Å²) < 4.78 is 23.8. The normalized spacial score (nSPS) is 12.4. The van der Waals surface area contributed by atoms with Crippen molar-refractivity contribution in [2.75, 3.05) is 0 Å². The van der Waals surface area contributed by atoms with Gasteiger partial charge in [0.2, 0.25) is 11.8 Å². The second-order valence-electron chi connectivity index (χ2n) is 5.88. The van der Waals surface area contributed by atoms with Gasteiger partial charge in [-0.05, 0) is 36.6 Å². The molecule has 4 rings (SSSR count). The lowest BCUT2D eigenvalue weighted by Gasteiger charge is -1.97. The van der Waals surface area contributed by atoms with Crippen molar-refractivity contribution in [3.63, 3.8) is 0 Å². The van der Waals surface area contributed by atoms with Gasteiger partial charge in [-0.25, -0.2) is 9.97 Å². The first-order valence-electron chi connectivity index (χ1n) is 8.14. The fourth-order valence-electron chi connectivity index (χ4n) is 2.56. The van der Waals surface area contributed by atoms with Gasteiger partial charge in [-0.15, -0.1) is 11.3 Å². The average Bonchev–Trinajstić information content (AvgIpc) is 3.37. The highest BCUT2D eigenvalue weighted by Gasteiger charge is 2.16. The Hall–Kier alpha value is -2.22. The Bertz CT molecular complexity index is 1090. The number of rotatable bonds is 6. The van der Waals surface area contributed by atoms with Gasteiger partial charge in [-0.2, -0.15) is 0 Å². The Morgan fingerprint density at radius 1 is 1.15 bits per heavy atom. The van der Waals surface area contributed by atoms with Crippen LogP contribution in [0.1, 0.15) is 17.1 Å². The summed E-state index contributed by atoms with van der Waals surface area (Å²) in [5.41, 5.74) is 2.12. The largest absolute Gasteiger partial charge is 0.444 e. The van der Waals surface area contributed by atoms with Crippen molar-refractivity contribution in [2.45, 2.75) is 18.4 Å². The van der Waals surface area contributed by atoms with E-state index in [4.69, 9.17) is 20.4 Å². The molecule has 0 aliphatic heterocycles. The zero-order valence-electron chi connectivity index (χ0n) is 14.3. The third-order valence-electron chi connectivity index (χ3n) is 3.85. The molecule has 0 saturated heterocycles. The van der Waals surface area contributed by atoms with E-state index in [1.807, 2.05) is 36.6 Å². The van der Waals surface area contributed by atoms with Crippen LogP contribution in [0, 0.1) is 6.92 Å². The van der Waals surface area contributed by atoms with Crippen molar-refractivity contribution < 1.29 is 13.0 Å². The number of benzene rings is 1. The van der Waals surface area contributed by atoms with Crippen LogP contribution in [-0.4, -0.2) is 14.2 Å². The van der Waals surface area contributed by atoms with Crippen LogP contribution >= 0.6 is 22.9 Å². The van der Waals surface area contributed by atoms with E-state index in [0.717, 1.165) is 10.4 Å². The number of hydrogen-bond donors (Lipinski definition) is 0. The fraction of sp³-hybridized carbons (Fsp3) is 0.158. The van der Waals surface area contributed by atoms with Crippen LogP contribution in [0.25, 0.3) is 22.2 Å². The summed E-state index contributed by atoms with van der Waals surface area (Å²) in [5, 5.41) is 2.58. The topological polar surface area (TPSA) is 69.1 Å². The van der Waals surface area contributed by atoms with Gasteiger partial charge in [0.15, 0.2) is 0 Å². The van der Waals surface area contributed by atoms with Gasteiger partial charge in [-0.1, -0.05) is 23.7 Å². The minimum Gasteiger partial charge on any atom is -0.444 e. The van der Waals surface area contributed by atoms with Gasteiger partial charge in [-0.3, -0.25) is 4.21 Å². The van der Waals surface area contributed by atoms with E-state index >= 15 is 0 Å². The molecule has 0 unspecified atom stereocenters. The van der Waals surface area contributed by atoms with Gasteiger partial charge in [0.05, 0.1) is 27.8 Å². The molecular formula is C19H15ClN2O3S2. The zero-order valence-corrected chi connectivity index (χ0v) is 16.7. The molecule has 0 bridgehead atoms. The minimum absolute atomic E-state index is 0.282. The van der Waals surface area contributed by atoms with Gasteiger partial charge >= 0.3 is 0 Å². The minimum atomic E-state index is -1.18. The summed E-state index contributed by atoms with van der Waals surface area (Å²) >= 11 is 7.55. The molecule has 0 fully saturated rings. The third kappa shape index (κ3) is 4.21. The maximum Gasteiger partial charge on any atom is 0.236 e. The molecule has 1 aromatic carbocycles. The molecule has 1 atom stereocenters. The molecule has 8 heteroatoms. The lowest BCUT2D eigenvalue weighted by atomic mass is 10.2. The number of aryl methyl sites for hydroxylation is 1. The Kier molecular flexibility index (Phi) is 5.24. The lowest BCUT2D eigenvalue weighted by Crippen LogP contribution is -2.01. The van der Waals surface area contributed by atoms with Crippen LogP contribution < -0.4 is 0 Å². The van der Waals surface area contributed by atoms with E-state index in [1.54, 1.807) is 23.5 Å². The Morgan fingerprint density at radius 3 is 2.81 bits per heavy atom. The number of oxazole rings is 2. The van der Waals surface area contributed by atoms with E-state index < -0.39 is 10.8 Å². The Labute approximate surface area is 167 Å². The highest BCUT2D eigenvalue weighted by Crippen LogP contribution is 2.27. The zero-order chi connectivity index (χ0) is 18.8. The molecule has 0 spiro atoms. The molecule has 0 amide bonds. The second kappa shape index (κ2) is 7.80. The molecule has 0 aliphatic carbocycles. The molecule has 0 N–H and O–H groups in total. The number of aromatic nitrogens is 2. The van der Waals surface area contributed by atoms with E-state index in [2.05, 4.69) is 9.97 Å². The monoisotopic (exact) mass is 418 g/mol. The van der Waals surface area contributed by atoms with E-state index in [-0.39, 0.29) is 5.75 Å². The first kappa shape index (κ1) is 18.2. The molecule has 27 heavy (non-hydrogen) atoms. The van der Waals surface area contributed by atoms with Crippen molar-refractivity contribution >= 4 is 33.7 Å². The lowest BCUT2D eigenvalue weighted by molar-refractivity contribution is 0.541. The van der Waals surface area contributed by atoms with Crippen molar-refractivity contribution in [2.24, 2.45) is 0 Å². The van der Waals surface area contributed by atoms with E-state index in [1.165, 1.54) is 6.26 Å². The third-order valence-corrected chi connectivity index (χ3v) is 6.16. The average molecular weight is 419 g/mol. The quantitative estimate of drug-likeness (QED) is 0.415. The number of halogens is 1. The maximum atomic E-state index is 12.6. The smallest absolute Gasteiger partial charge is 0.236 e. The summed E-state index contributed by atoms with van der Waals surface area (Å²) in [6.07, 6.45) is 1.53. The van der Waals surface area contributed by atoms with Gasteiger partial charge in [0.1, 0.15) is 12.0 Å². The van der Waals surface area contributed by atoms with Crippen molar-refractivity contribution in [3.8, 4) is 22.2 Å². The van der Waals surface area contributed by atoms with E-state index in [9.17, 15) is 4.21 Å². The van der Waals surface area contributed by atoms with Crippen LogP contribution in [-0.2, 0) is 22.3 Å². The Morgan fingerprint density at radius 2 is 2.04 bits per heavy atom. The highest BCUT2D eigenvalue weighted by molar-refractivity contribution is 7.83. The van der Waals surface area contributed by atoms with Crippen LogP contribution in [0.3, 0.4) is 0 Å². The summed E-state index contributed by atoms with van der Waals surface area (Å²) in [5.74, 6) is 2.30. The molecule has 0 radical (unpaired) electrons. The number of nitrogens with zero attached hydrogens (tertiary/aromatic N) is 2. The Balaban J connectivity index is 1.44. The summed E-state index contributed by atoms with van der Waals surface area (Å²) in [7, 11) is -1.18. The highest BCUT2D eigenvalue weighted by atomic mass is 35.5. The fourth-order valence-corrected chi connectivity index (χ4v) is 4.54. The molecule has 4 aromatic rings. The predicted molar refractivity (Wildman–Crippen MR) is 107 cm³/mol. The predicted octanol–water partition coefficient (Wildman–Crippen LogP) is 5.47. The van der Waals surface area contributed by atoms with Crippen molar-refractivity contribution in [3.05, 3.63) is 70.2 Å². The molecule has 3 aromatic heterocycles. The number of hydrogen-bond acceptors (Lipinski definition) is 6. The van der Waals surface area contributed by atoms with Crippen LogP contribution in [0.15, 0.2) is 56.9 Å². The van der Waals surface area contributed by atoms with Gasteiger partial charge in [0.25, 0.3) is 0 Å².